The van der Waals surface area contributed by atoms with E-state index < -0.39 is 29.5 Å². The van der Waals surface area contributed by atoms with Crippen molar-refractivity contribution in [1.82, 2.24) is 5.32 Å². The molecule has 4 nitrogen and oxygen atoms in total. The third-order valence-electron chi connectivity index (χ3n) is 3.37. The number of hydrogen-bond acceptors (Lipinski definition) is 2. The third-order valence-corrected chi connectivity index (χ3v) is 3.37. The van der Waals surface area contributed by atoms with Gasteiger partial charge >= 0.3 is 0 Å². The molecule has 0 saturated heterocycles. The molecule has 3 N–H and O–H groups in total. The summed E-state index contributed by atoms with van der Waals surface area (Å²) in [6, 6.07) is 2.54. The molecule has 0 fully saturated rings. The van der Waals surface area contributed by atoms with Crippen molar-refractivity contribution in [2.45, 2.75) is 51.5 Å². The predicted octanol–water partition coefficient (Wildman–Crippen LogP) is 2.45. The monoisotopic (exact) mass is 312 g/mol. The number of benzene rings is 1. The van der Waals surface area contributed by atoms with Crippen molar-refractivity contribution in [3.8, 4) is 0 Å². The maximum absolute atomic E-state index is 13.1. The molecule has 0 aliphatic heterocycles. The zero-order chi connectivity index (χ0) is 16.5. The van der Waals surface area contributed by atoms with Crippen LogP contribution in [0.5, 0.6) is 0 Å². The van der Waals surface area contributed by atoms with Gasteiger partial charge in [0, 0.05) is 0 Å². The number of unbranched alkanes of at least 4 members (excludes halogenated alkanes) is 3. The number of nitrogens with one attached hydrogen (secondary N) is 1. The number of nitrogens with two attached hydrogens (primary N) is 1. The van der Waals surface area contributed by atoms with Gasteiger partial charge in [-0.15, -0.1) is 0 Å². The minimum atomic E-state index is -1.00. The van der Waals surface area contributed by atoms with Gasteiger partial charge in [-0.05, 0) is 24.1 Å². The summed E-state index contributed by atoms with van der Waals surface area (Å²) in [5.74, 6) is -2.99. The van der Waals surface area contributed by atoms with Crippen molar-refractivity contribution in [2.75, 3.05) is 0 Å². The fraction of sp³-hybridized carbons (Fsp3) is 0.500. The van der Waals surface area contributed by atoms with Crippen LogP contribution in [0, 0.1) is 11.6 Å². The van der Waals surface area contributed by atoms with Crippen LogP contribution in [-0.2, 0) is 16.0 Å². The van der Waals surface area contributed by atoms with E-state index in [2.05, 4.69) is 12.2 Å². The minimum absolute atomic E-state index is 0.129. The van der Waals surface area contributed by atoms with Crippen molar-refractivity contribution in [3.05, 3.63) is 35.4 Å². The molecule has 1 atom stereocenters. The van der Waals surface area contributed by atoms with Crippen LogP contribution in [0.2, 0.25) is 0 Å². The van der Waals surface area contributed by atoms with E-state index in [0.717, 1.165) is 37.8 Å². The Bertz CT molecular complexity index is 521. The quantitative estimate of drug-likeness (QED) is 0.687. The van der Waals surface area contributed by atoms with E-state index in [1.165, 1.54) is 6.07 Å². The van der Waals surface area contributed by atoms with Crippen LogP contribution in [0.3, 0.4) is 0 Å². The van der Waals surface area contributed by atoms with E-state index in [1.54, 1.807) is 0 Å². The molecule has 6 heteroatoms. The van der Waals surface area contributed by atoms with Gasteiger partial charge in [0.15, 0.2) is 11.6 Å². The summed E-state index contributed by atoms with van der Waals surface area (Å²) in [5, 5.41) is 2.55. The Labute approximate surface area is 129 Å². The molecule has 0 heterocycles. The average molecular weight is 312 g/mol. The maximum Gasteiger partial charge on any atom is 0.239 e. The minimum Gasteiger partial charge on any atom is -0.368 e. The highest BCUT2D eigenvalue weighted by atomic mass is 19.2. The van der Waals surface area contributed by atoms with Crippen molar-refractivity contribution >= 4 is 11.8 Å². The van der Waals surface area contributed by atoms with Crippen molar-refractivity contribution < 1.29 is 18.4 Å². The Kier molecular flexibility index (Phi) is 7.49. The molecule has 0 radical (unpaired) electrons. The molecule has 122 valence electrons. The first kappa shape index (κ1) is 18.1. The second kappa shape index (κ2) is 9.12. The summed E-state index contributed by atoms with van der Waals surface area (Å²) in [5.41, 5.74) is 5.61. The van der Waals surface area contributed by atoms with Gasteiger partial charge in [0.25, 0.3) is 0 Å². The normalized spacial score (nSPS) is 12.0. The lowest BCUT2D eigenvalue weighted by Crippen LogP contribution is -2.45. The van der Waals surface area contributed by atoms with Crippen LogP contribution in [-0.4, -0.2) is 17.9 Å². The first-order valence-electron chi connectivity index (χ1n) is 7.46. The molecule has 0 aliphatic rings. The van der Waals surface area contributed by atoms with Gasteiger partial charge < -0.3 is 11.1 Å². The average Bonchev–Trinajstić information content (AvgIpc) is 2.46. The van der Waals surface area contributed by atoms with Crippen molar-refractivity contribution in [2.24, 2.45) is 5.73 Å². The van der Waals surface area contributed by atoms with Crippen LogP contribution in [0.1, 0.15) is 44.6 Å². The fourth-order valence-corrected chi connectivity index (χ4v) is 2.14. The van der Waals surface area contributed by atoms with E-state index in [0.29, 0.717) is 12.0 Å². The second-order valence-electron chi connectivity index (χ2n) is 5.30. The second-order valence-corrected chi connectivity index (χ2v) is 5.30. The molecule has 1 rings (SSSR count). The van der Waals surface area contributed by atoms with Gasteiger partial charge in [0.2, 0.25) is 11.8 Å². The van der Waals surface area contributed by atoms with E-state index in [-0.39, 0.29) is 6.42 Å². The van der Waals surface area contributed by atoms with E-state index in [4.69, 9.17) is 5.73 Å². The van der Waals surface area contributed by atoms with Crippen LogP contribution < -0.4 is 11.1 Å². The molecule has 0 aliphatic carbocycles. The molecule has 0 unspecified atom stereocenters. The van der Waals surface area contributed by atoms with E-state index >= 15 is 0 Å². The lowest BCUT2D eigenvalue weighted by molar-refractivity contribution is -0.127. The van der Waals surface area contributed by atoms with E-state index in [1.807, 2.05) is 0 Å². The summed E-state index contributed by atoms with van der Waals surface area (Å²) < 4.78 is 25.9. The van der Waals surface area contributed by atoms with Gasteiger partial charge in [-0.1, -0.05) is 38.7 Å². The Balaban J connectivity index is 2.52. The summed E-state index contributed by atoms with van der Waals surface area (Å²) in [4.78, 5) is 23.2. The number of carbonyl (C=O) groups excluding carboxylic acids is 2. The Morgan fingerprint density at radius 3 is 2.50 bits per heavy atom. The highest BCUT2D eigenvalue weighted by molar-refractivity contribution is 5.87. The predicted molar refractivity (Wildman–Crippen MR) is 79.9 cm³/mol. The molecule has 0 spiro atoms. The summed E-state index contributed by atoms with van der Waals surface area (Å²) >= 11 is 0. The number of hydrogen-bond donors (Lipinski definition) is 2. The molecule has 0 aromatic heterocycles. The molecule has 1 aromatic rings. The van der Waals surface area contributed by atoms with Gasteiger partial charge in [-0.25, -0.2) is 8.78 Å². The van der Waals surface area contributed by atoms with Gasteiger partial charge in [0.1, 0.15) is 6.04 Å². The Morgan fingerprint density at radius 1 is 1.18 bits per heavy atom. The zero-order valence-electron chi connectivity index (χ0n) is 12.7. The molecule has 22 heavy (non-hydrogen) atoms. The molecular formula is C16H22F2N2O2. The number of primary amides is 1. The first-order valence-corrected chi connectivity index (χ1v) is 7.46. The highest BCUT2D eigenvalue weighted by Gasteiger charge is 2.18. The first-order chi connectivity index (χ1) is 10.4. The van der Waals surface area contributed by atoms with Gasteiger partial charge in [0.05, 0.1) is 6.42 Å². The summed E-state index contributed by atoms with van der Waals surface area (Å²) in [6.07, 6.45) is 4.26. The van der Waals surface area contributed by atoms with Gasteiger partial charge in [-0.3, -0.25) is 9.59 Å². The standard InChI is InChI=1S/C16H22F2N2O2/c1-2-3-4-5-6-14(16(19)22)20-15(21)10-11-7-8-12(17)13(18)9-11/h7-9,14H,2-6,10H2,1H3,(H2,19,22)(H,20,21)/t14-/m0/s1. The maximum atomic E-state index is 13.1. The third kappa shape index (κ3) is 6.20. The number of halogens is 2. The number of amides is 2. The number of carbonyl (C=O) groups is 2. The lowest BCUT2D eigenvalue weighted by Gasteiger charge is -2.15. The van der Waals surface area contributed by atoms with Crippen LogP contribution >= 0.6 is 0 Å². The topological polar surface area (TPSA) is 72.2 Å². The molecular weight excluding hydrogens is 290 g/mol. The Hall–Kier alpha value is -1.98. The largest absolute Gasteiger partial charge is 0.368 e. The fourth-order valence-electron chi connectivity index (χ4n) is 2.14. The van der Waals surface area contributed by atoms with Crippen molar-refractivity contribution in [3.63, 3.8) is 0 Å². The van der Waals surface area contributed by atoms with Gasteiger partial charge in [-0.2, -0.15) is 0 Å². The number of rotatable bonds is 9. The van der Waals surface area contributed by atoms with Crippen LogP contribution in [0.4, 0.5) is 8.78 Å². The van der Waals surface area contributed by atoms with E-state index in [9.17, 15) is 18.4 Å². The summed E-state index contributed by atoms with van der Waals surface area (Å²) in [7, 11) is 0. The molecule has 1 aromatic carbocycles. The van der Waals surface area contributed by atoms with Crippen LogP contribution in [0.25, 0.3) is 0 Å². The summed E-state index contributed by atoms with van der Waals surface area (Å²) in [6.45, 7) is 2.08. The molecule has 0 bridgehead atoms. The smallest absolute Gasteiger partial charge is 0.239 e. The SMILES string of the molecule is CCCCCC[C@H](NC(=O)Cc1ccc(F)c(F)c1)C(N)=O. The Morgan fingerprint density at radius 2 is 1.91 bits per heavy atom. The lowest BCUT2D eigenvalue weighted by atomic mass is 10.1. The van der Waals surface area contributed by atoms with Crippen LogP contribution in [0.15, 0.2) is 18.2 Å². The zero-order valence-corrected chi connectivity index (χ0v) is 12.7. The van der Waals surface area contributed by atoms with Crippen molar-refractivity contribution in [1.29, 1.82) is 0 Å². The highest BCUT2D eigenvalue weighted by Crippen LogP contribution is 2.10. The molecule has 0 saturated carbocycles. The molecule has 2 amide bonds.